The predicted molar refractivity (Wildman–Crippen MR) is 67.9 cm³/mol. The number of ether oxygens (including phenoxy) is 2. The molecule has 0 amide bonds. The van der Waals surface area contributed by atoms with E-state index in [2.05, 4.69) is 11.4 Å². The number of carbonyl (C=O) groups excluding carboxylic acids is 1. The van der Waals surface area contributed by atoms with Gasteiger partial charge in [0.25, 0.3) is 0 Å². The SMILES string of the molecule is COc1cccc2c1NC1C(OC(C)=O)CCC21. The van der Waals surface area contributed by atoms with Gasteiger partial charge in [0, 0.05) is 12.8 Å². The Kier molecular flexibility index (Phi) is 2.65. The van der Waals surface area contributed by atoms with Gasteiger partial charge in [-0.05, 0) is 24.5 Å². The smallest absolute Gasteiger partial charge is 0.302 e. The number of rotatable bonds is 2. The van der Waals surface area contributed by atoms with Crippen molar-refractivity contribution < 1.29 is 14.3 Å². The quantitative estimate of drug-likeness (QED) is 0.815. The van der Waals surface area contributed by atoms with Gasteiger partial charge in [-0.15, -0.1) is 0 Å². The number of carbonyl (C=O) groups is 1. The van der Waals surface area contributed by atoms with Crippen LogP contribution in [0.2, 0.25) is 0 Å². The van der Waals surface area contributed by atoms with Gasteiger partial charge < -0.3 is 14.8 Å². The van der Waals surface area contributed by atoms with Crippen LogP contribution in [0.15, 0.2) is 18.2 Å². The largest absolute Gasteiger partial charge is 0.495 e. The Hall–Kier alpha value is -1.71. The molecule has 0 saturated heterocycles. The van der Waals surface area contributed by atoms with Crippen molar-refractivity contribution in [3.8, 4) is 5.75 Å². The molecule has 3 atom stereocenters. The lowest BCUT2D eigenvalue weighted by atomic mass is 9.97. The number of benzene rings is 1. The third-order valence-corrected chi connectivity index (χ3v) is 3.90. The van der Waals surface area contributed by atoms with Crippen LogP contribution in [0.25, 0.3) is 0 Å². The normalized spacial score (nSPS) is 28.2. The van der Waals surface area contributed by atoms with Gasteiger partial charge in [-0.1, -0.05) is 12.1 Å². The second-order valence-corrected chi connectivity index (χ2v) is 4.93. The van der Waals surface area contributed by atoms with E-state index in [1.165, 1.54) is 12.5 Å². The fraction of sp³-hybridized carbons (Fsp3) is 0.500. The molecule has 1 aromatic carbocycles. The summed E-state index contributed by atoms with van der Waals surface area (Å²) in [6.45, 7) is 1.47. The molecule has 0 radical (unpaired) electrons. The number of methoxy groups -OCH3 is 1. The van der Waals surface area contributed by atoms with Crippen molar-refractivity contribution in [2.75, 3.05) is 12.4 Å². The Balaban J connectivity index is 1.89. The average molecular weight is 247 g/mol. The van der Waals surface area contributed by atoms with E-state index in [-0.39, 0.29) is 18.1 Å². The molecule has 0 spiro atoms. The Morgan fingerprint density at radius 2 is 2.22 bits per heavy atom. The van der Waals surface area contributed by atoms with Crippen LogP contribution in [0, 0.1) is 0 Å². The first-order valence-electron chi connectivity index (χ1n) is 6.31. The highest BCUT2D eigenvalue weighted by atomic mass is 16.5. The summed E-state index contributed by atoms with van der Waals surface area (Å²) in [6, 6.07) is 6.29. The van der Waals surface area contributed by atoms with E-state index < -0.39 is 0 Å². The van der Waals surface area contributed by atoms with Crippen LogP contribution in [-0.4, -0.2) is 25.2 Å². The monoisotopic (exact) mass is 247 g/mol. The summed E-state index contributed by atoms with van der Waals surface area (Å²) >= 11 is 0. The lowest BCUT2D eigenvalue weighted by molar-refractivity contribution is -0.146. The Morgan fingerprint density at radius 3 is 2.94 bits per heavy atom. The van der Waals surface area contributed by atoms with Crippen LogP contribution in [0.3, 0.4) is 0 Å². The topological polar surface area (TPSA) is 47.6 Å². The zero-order chi connectivity index (χ0) is 12.7. The van der Waals surface area contributed by atoms with Gasteiger partial charge in [-0.25, -0.2) is 0 Å². The van der Waals surface area contributed by atoms with E-state index >= 15 is 0 Å². The van der Waals surface area contributed by atoms with Crippen LogP contribution in [-0.2, 0) is 9.53 Å². The molecular weight excluding hydrogens is 230 g/mol. The molecule has 0 bridgehead atoms. The third kappa shape index (κ3) is 1.64. The summed E-state index contributed by atoms with van der Waals surface area (Å²) in [5, 5.41) is 3.47. The fourth-order valence-corrected chi connectivity index (χ4v) is 3.20. The number of anilines is 1. The molecule has 1 heterocycles. The van der Waals surface area contributed by atoms with Crippen LogP contribution in [0.4, 0.5) is 5.69 Å². The number of hydrogen-bond acceptors (Lipinski definition) is 4. The zero-order valence-electron chi connectivity index (χ0n) is 10.6. The molecule has 2 aliphatic rings. The van der Waals surface area contributed by atoms with Crippen molar-refractivity contribution in [3.63, 3.8) is 0 Å². The van der Waals surface area contributed by atoms with Crippen molar-refractivity contribution in [2.45, 2.75) is 37.8 Å². The summed E-state index contributed by atoms with van der Waals surface area (Å²) in [5.41, 5.74) is 2.35. The second-order valence-electron chi connectivity index (χ2n) is 4.93. The minimum atomic E-state index is -0.203. The summed E-state index contributed by atoms with van der Waals surface area (Å²) in [7, 11) is 1.68. The van der Waals surface area contributed by atoms with Crippen LogP contribution in [0.1, 0.15) is 31.2 Å². The molecule has 18 heavy (non-hydrogen) atoms. The van der Waals surface area contributed by atoms with E-state index in [0.29, 0.717) is 5.92 Å². The first-order chi connectivity index (χ1) is 8.70. The summed E-state index contributed by atoms with van der Waals surface area (Å²) < 4.78 is 10.8. The Labute approximate surface area is 106 Å². The molecule has 4 nitrogen and oxygen atoms in total. The van der Waals surface area contributed by atoms with E-state index in [1.54, 1.807) is 7.11 Å². The average Bonchev–Trinajstić information content (AvgIpc) is 2.88. The zero-order valence-corrected chi connectivity index (χ0v) is 10.6. The van der Waals surface area contributed by atoms with Crippen molar-refractivity contribution in [3.05, 3.63) is 23.8 Å². The van der Waals surface area contributed by atoms with Gasteiger partial charge in [0.2, 0.25) is 0 Å². The third-order valence-electron chi connectivity index (χ3n) is 3.90. The number of para-hydroxylation sites is 1. The minimum Gasteiger partial charge on any atom is -0.495 e. The molecule has 3 unspecified atom stereocenters. The lowest BCUT2D eigenvalue weighted by Crippen LogP contribution is -2.31. The molecule has 96 valence electrons. The van der Waals surface area contributed by atoms with Gasteiger partial charge in [-0.2, -0.15) is 0 Å². The second kappa shape index (κ2) is 4.19. The summed E-state index contributed by atoms with van der Waals surface area (Å²) in [5.74, 6) is 1.09. The van der Waals surface area contributed by atoms with Gasteiger partial charge in [0.15, 0.2) is 0 Å². The number of hydrogen-bond donors (Lipinski definition) is 1. The van der Waals surface area contributed by atoms with Crippen LogP contribution < -0.4 is 10.1 Å². The first-order valence-corrected chi connectivity index (χ1v) is 6.31. The number of nitrogens with one attached hydrogen (secondary N) is 1. The van der Waals surface area contributed by atoms with E-state index in [0.717, 1.165) is 24.3 Å². The van der Waals surface area contributed by atoms with E-state index in [1.807, 2.05) is 12.1 Å². The maximum Gasteiger partial charge on any atom is 0.302 e. The van der Waals surface area contributed by atoms with E-state index in [9.17, 15) is 4.79 Å². The number of esters is 1. The Morgan fingerprint density at radius 1 is 1.39 bits per heavy atom. The predicted octanol–water partition coefficient (Wildman–Crippen LogP) is 2.30. The minimum absolute atomic E-state index is 0.0235. The number of fused-ring (bicyclic) bond motifs is 3. The lowest BCUT2D eigenvalue weighted by Gasteiger charge is -2.19. The van der Waals surface area contributed by atoms with Crippen LogP contribution >= 0.6 is 0 Å². The Bertz CT molecular complexity index is 486. The van der Waals surface area contributed by atoms with Crippen molar-refractivity contribution in [2.24, 2.45) is 0 Å². The molecule has 0 aromatic heterocycles. The maximum atomic E-state index is 11.1. The molecule has 1 aliphatic carbocycles. The van der Waals surface area contributed by atoms with Gasteiger partial charge in [-0.3, -0.25) is 4.79 Å². The highest BCUT2D eigenvalue weighted by molar-refractivity contribution is 5.70. The van der Waals surface area contributed by atoms with Gasteiger partial charge >= 0.3 is 5.97 Å². The highest BCUT2D eigenvalue weighted by Gasteiger charge is 2.44. The molecule has 1 aliphatic heterocycles. The van der Waals surface area contributed by atoms with E-state index in [4.69, 9.17) is 9.47 Å². The summed E-state index contributed by atoms with van der Waals surface area (Å²) in [6.07, 6.45) is 1.96. The molecular formula is C14H17NO3. The van der Waals surface area contributed by atoms with Crippen LogP contribution in [0.5, 0.6) is 5.75 Å². The first kappa shape index (κ1) is 11.4. The summed E-state index contributed by atoms with van der Waals surface area (Å²) in [4.78, 5) is 11.1. The van der Waals surface area contributed by atoms with Gasteiger partial charge in [0.05, 0.1) is 18.8 Å². The molecule has 1 N–H and O–H groups in total. The van der Waals surface area contributed by atoms with Crippen molar-refractivity contribution >= 4 is 11.7 Å². The molecule has 1 aromatic rings. The molecule has 1 fully saturated rings. The van der Waals surface area contributed by atoms with Crippen molar-refractivity contribution in [1.82, 2.24) is 0 Å². The van der Waals surface area contributed by atoms with Gasteiger partial charge in [0.1, 0.15) is 11.9 Å². The molecule has 3 rings (SSSR count). The fourth-order valence-electron chi connectivity index (χ4n) is 3.20. The van der Waals surface area contributed by atoms with Crippen molar-refractivity contribution in [1.29, 1.82) is 0 Å². The molecule has 1 saturated carbocycles. The maximum absolute atomic E-state index is 11.1. The standard InChI is InChI=1S/C14H17NO3/c1-8(16)18-12-7-6-10-9-4-3-5-11(17-2)13(9)15-14(10)12/h3-5,10,12,14-15H,6-7H2,1-2H3. The molecule has 4 heteroatoms. The highest BCUT2D eigenvalue weighted by Crippen LogP contribution is 2.49.